The summed E-state index contributed by atoms with van der Waals surface area (Å²) in [6.45, 7) is 3.59. The quantitative estimate of drug-likeness (QED) is 0.493. The molecule has 174 valence electrons. The van der Waals surface area contributed by atoms with Crippen LogP contribution in [0.2, 0.25) is 0 Å². The summed E-state index contributed by atoms with van der Waals surface area (Å²) in [5, 5.41) is 5.12. The average molecular weight is 464 g/mol. The number of amides is 2. The van der Waals surface area contributed by atoms with Crippen LogP contribution in [0, 0.1) is 0 Å². The van der Waals surface area contributed by atoms with Crippen molar-refractivity contribution in [3.63, 3.8) is 0 Å². The van der Waals surface area contributed by atoms with E-state index < -0.39 is 21.8 Å². The lowest BCUT2D eigenvalue weighted by atomic mass is 10.1. The molecule has 0 saturated heterocycles. The van der Waals surface area contributed by atoms with Crippen molar-refractivity contribution in [2.24, 2.45) is 5.73 Å². The highest BCUT2D eigenvalue weighted by molar-refractivity contribution is 7.91. The lowest BCUT2D eigenvalue weighted by Crippen LogP contribution is -2.37. The van der Waals surface area contributed by atoms with Crippen molar-refractivity contribution < 1.29 is 27.5 Å². The Morgan fingerprint density at radius 1 is 1.12 bits per heavy atom. The number of hydrogen-bond acceptors (Lipinski definition) is 7. The first kappa shape index (κ1) is 25.2. The van der Waals surface area contributed by atoms with E-state index in [0.717, 1.165) is 5.56 Å². The minimum Gasteiger partial charge on any atom is -0.496 e. The van der Waals surface area contributed by atoms with Crippen molar-refractivity contribution in [1.82, 2.24) is 5.32 Å². The van der Waals surface area contributed by atoms with E-state index in [-0.39, 0.29) is 46.8 Å². The molecule has 0 heterocycles. The number of nitrogens with two attached hydrogens (primary N) is 1. The Morgan fingerprint density at radius 3 is 2.41 bits per heavy atom. The van der Waals surface area contributed by atoms with Crippen molar-refractivity contribution in [3.8, 4) is 5.75 Å². The minimum atomic E-state index is -3.79. The number of rotatable bonds is 10. The molecule has 0 aromatic heterocycles. The van der Waals surface area contributed by atoms with Gasteiger partial charge < -0.3 is 20.5 Å². The highest BCUT2D eigenvalue weighted by Crippen LogP contribution is 2.31. The molecule has 2 aromatic rings. The van der Waals surface area contributed by atoms with Crippen molar-refractivity contribution in [2.75, 3.05) is 24.7 Å². The Morgan fingerprint density at radius 2 is 1.81 bits per heavy atom. The largest absolute Gasteiger partial charge is 0.496 e. The molecule has 0 radical (unpaired) electrons. The molecule has 0 aliphatic carbocycles. The Kier molecular flexibility index (Phi) is 9.03. The number of ether oxygens (including phenoxy) is 2. The van der Waals surface area contributed by atoms with E-state index in [1.165, 1.54) is 26.2 Å². The first-order valence-electron chi connectivity index (χ1n) is 10.2. The summed E-state index contributed by atoms with van der Waals surface area (Å²) in [6.07, 6.45) is -0.171. The summed E-state index contributed by atoms with van der Waals surface area (Å²) in [5.41, 5.74) is 6.59. The van der Waals surface area contributed by atoms with Gasteiger partial charge in [0.25, 0.3) is 5.91 Å². The lowest BCUT2D eigenvalue weighted by Gasteiger charge is -2.17. The molecule has 2 rings (SSSR count). The molecule has 0 spiro atoms. The maximum absolute atomic E-state index is 12.7. The maximum atomic E-state index is 12.7. The van der Waals surface area contributed by atoms with Gasteiger partial charge in [0.05, 0.1) is 29.0 Å². The van der Waals surface area contributed by atoms with Gasteiger partial charge in [-0.05, 0) is 18.1 Å². The Labute approximate surface area is 188 Å². The molecular weight excluding hydrogens is 434 g/mol. The molecule has 0 bridgehead atoms. The molecule has 1 atom stereocenters. The van der Waals surface area contributed by atoms with E-state index in [1.54, 1.807) is 12.1 Å². The van der Waals surface area contributed by atoms with Crippen LogP contribution in [0.25, 0.3) is 0 Å². The summed E-state index contributed by atoms with van der Waals surface area (Å²) in [7, 11) is -2.45. The smallest absolute Gasteiger partial charge is 0.411 e. The molecule has 2 amide bonds. The number of nitrogens with one attached hydrogen (secondary N) is 2. The fourth-order valence-electron chi connectivity index (χ4n) is 2.75. The molecule has 10 heteroatoms. The van der Waals surface area contributed by atoms with Crippen LogP contribution in [-0.4, -0.2) is 45.9 Å². The van der Waals surface area contributed by atoms with Crippen LogP contribution in [0.4, 0.5) is 10.5 Å². The maximum Gasteiger partial charge on any atom is 0.411 e. The molecule has 0 saturated carbocycles. The lowest BCUT2D eigenvalue weighted by molar-refractivity contribution is 0.0947. The third-order valence-corrected chi connectivity index (χ3v) is 6.53. The highest BCUT2D eigenvalue weighted by Gasteiger charge is 2.24. The van der Waals surface area contributed by atoms with Gasteiger partial charge in [0, 0.05) is 18.7 Å². The number of benzene rings is 2. The van der Waals surface area contributed by atoms with Crippen LogP contribution in [0.3, 0.4) is 0 Å². The van der Waals surface area contributed by atoms with Gasteiger partial charge in [0.2, 0.25) is 0 Å². The fourth-order valence-corrected chi connectivity index (χ4v) is 3.80. The van der Waals surface area contributed by atoms with Gasteiger partial charge in [-0.15, -0.1) is 0 Å². The third kappa shape index (κ3) is 6.69. The average Bonchev–Trinajstić information content (AvgIpc) is 2.81. The molecule has 0 unspecified atom stereocenters. The number of carbonyl (C=O) groups excluding carboxylic acids is 2. The molecule has 0 aliphatic heterocycles. The van der Waals surface area contributed by atoms with Gasteiger partial charge in [0.15, 0.2) is 9.84 Å². The van der Waals surface area contributed by atoms with Gasteiger partial charge in [-0.3, -0.25) is 10.1 Å². The standard InChI is InChI=1S/C22H29N3O6S/c1-4-16(23)13-24-21(26)17-11-20(32(28,29)5-2)18(12-19(17)30-3)25-22(27)31-14-15-9-7-6-8-10-15/h6-12,16H,4-5,13-14,23H2,1-3H3,(H,24,26)(H,25,27)/t16-/m1/s1. The van der Waals surface area contributed by atoms with E-state index in [0.29, 0.717) is 6.42 Å². The monoisotopic (exact) mass is 463 g/mol. The van der Waals surface area contributed by atoms with Crippen LogP contribution in [0.1, 0.15) is 36.2 Å². The second kappa shape index (κ2) is 11.5. The van der Waals surface area contributed by atoms with Crippen molar-refractivity contribution in [2.45, 2.75) is 37.8 Å². The van der Waals surface area contributed by atoms with Gasteiger partial charge in [0.1, 0.15) is 12.4 Å². The van der Waals surface area contributed by atoms with E-state index in [9.17, 15) is 18.0 Å². The number of carbonyl (C=O) groups is 2. The SMILES string of the molecule is CC[C@@H](N)CNC(=O)c1cc(S(=O)(=O)CC)c(NC(=O)OCc2ccccc2)cc1OC. The molecule has 2 aromatic carbocycles. The number of methoxy groups -OCH3 is 1. The van der Waals surface area contributed by atoms with E-state index >= 15 is 0 Å². The molecule has 4 N–H and O–H groups in total. The fraction of sp³-hybridized carbons (Fsp3) is 0.364. The number of hydrogen-bond donors (Lipinski definition) is 3. The predicted octanol–water partition coefficient (Wildman–Crippen LogP) is 2.70. The predicted molar refractivity (Wildman–Crippen MR) is 122 cm³/mol. The van der Waals surface area contributed by atoms with Crippen molar-refractivity contribution in [1.29, 1.82) is 0 Å². The van der Waals surface area contributed by atoms with Gasteiger partial charge in [-0.2, -0.15) is 0 Å². The summed E-state index contributed by atoms with van der Waals surface area (Å²) >= 11 is 0. The van der Waals surface area contributed by atoms with Crippen molar-refractivity contribution in [3.05, 3.63) is 53.6 Å². The van der Waals surface area contributed by atoms with Crippen LogP contribution in [0.15, 0.2) is 47.4 Å². The molecule has 9 nitrogen and oxygen atoms in total. The van der Waals surface area contributed by atoms with E-state index in [2.05, 4.69) is 10.6 Å². The van der Waals surface area contributed by atoms with Crippen LogP contribution >= 0.6 is 0 Å². The summed E-state index contributed by atoms with van der Waals surface area (Å²) in [4.78, 5) is 24.8. The Balaban J connectivity index is 2.32. The van der Waals surface area contributed by atoms with Crippen molar-refractivity contribution >= 4 is 27.5 Å². The van der Waals surface area contributed by atoms with Gasteiger partial charge in [-0.25, -0.2) is 13.2 Å². The second-order valence-corrected chi connectivity index (χ2v) is 9.26. The zero-order valence-electron chi connectivity index (χ0n) is 18.4. The van der Waals surface area contributed by atoms with Crippen LogP contribution in [0.5, 0.6) is 5.75 Å². The Hall–Kier alpha value is -3.11. The molecule has 0 fully saturated rings. The first-order valence-corrected chi connectivity index (χ1v) is 11.8. The summed E-state index contributed by atoms with van der Waals surface area (Å²) < 4.78 is 35.8. The van der Waals surface area contributed by atoms with E-state index in [4.69, 9.17) is 15.2 Å². The summed E-state index contributed by atoms with van der Waals surface area (Å²) in [5.74, 6) is -0.660. The number of anilines is 1. The van der Waals surface area contributed by atoms with Gasteiger partial charge >= 0.3 is 6.09 Å². The van der Waals surface area contributed by atoms with Crippen LogP contribution in [-0.2, 0) is 21.2 Å². The Bertz CT molecular complexity index is 1040. The summed E-state index contributed by atoms with van der Waals surface area (Å²) in [6, 6.07) is 11.3. The molecule has 32 heavy (non-hydrogen) atoms. The van der Waals surface area contributed by atoms with Gasteiger partial charge in [-0.1, -0.05) is 44.2 Å². The topological polar surface area (TPSA) is 137 Å². The minimum absolute atomic E-state index is 0.0117. The third-order valence-electron chi connectivity index (χ3n) is 4.76. The van der Waals surface area contributed by atoms with Crippen LogP contribution < -0.4 is 21.1 Å². The number of sulfone groups is 1. The molecule has 0 aliphatic rings. The first-order chi connectivity index (χ1) is 15.2. The zero-order valence-corrected chi connectivity index (χ0v) is 19.2. The molecular formula is C22H29N3O6S. The highest BCUT2D eigenvalue weighted by atomic mass is 32.2. The normalized spacial score (nSPS) is 12.0. The van der Waals surface area contributed by atoms with E-state index in [1.807, 2.05) is 25.1 Å². The second-order valence-electron chi connectivity index (χ2n) is 7.02. The zero-order chi connectivity index (χ0) is 23.7.